The lowest BCUT2D eigenvalue weighted by molar-refractivity contribution is -0.122. The minimum absolute atomic E-state index is 0.293. The Morgan fingerprint density at radius 3 is 2.23 bits per heavy atom. The number of anilines is 3. The maximum atomic E-state index is 14.1. The number of nitrogens with zero attached hydrogens (tertiary/aromatic N) is 3. The van der Waals surface area contributed by atoms with Gasteiger partial charge in [0, 0.05) is 39.7 Å². The summed E-state index contributed by atoms with van der Waals surface area (Å²) in [6, 6.07) is 20.3. The van der Waals surface area contributed by atoms with E-state index in [4.69, 9.17) is 0 Å². The maximum Gasteiger partial charge on any atom is 0.308 e. The Bertz CT molecular complexity index is 1790. The van der Waals surface area contributed by atoms with Crippen LogP contribution in [0.5, 0.6) is 0 Å². The molecule has 2 aliphatic heterocycles. The standard InChI is InChI=1S/C32H28BrFN4O4S2/c1-3-36(4-2)22-13-5-18(6-14-22)25-26-27(30(41)38(29(26)40)23-15-7-19(33)8-16-23)43-31-28(25)44-32(42)37(31)17-24(39)35-21-11-9-20(34)10-12-21/h5-16,25-27H,3-4,17H2,1-2H3,(H,35,39)/t25-,26-,27+/m0/s1. The predicted molar refractivity (Wildman–Crippen MR) is 175 cm³/mol. The van der Waals surface area contributed by atoms with Gasteiger partial charge in [0.25, 0.3) is 0 Å². The van der Waals surface area contributed by atoms with Crippen LogP contribution >= 0.6 is 39.0 Å². The number of fused-ring (bicyclic) bond motifs is 2. The lowest BCUT2D eigenvalue weighted by Gasteiger charge is -2.31. The molecular weight excluding hydrogens is 667 g/mol. The SMILES string of the molecule is CCN(CC)c1ccc([C@@H]2c3sc(=O)n(CC(=O)Nc4ccc(F)cc4)c3S[C@H]3C(=O)N(c4ccc(Br)cc4)C(=O)[C@@H]23)cc1. The summed E-state index contributed by atoms with van der Waals surface area (Å²) in [4.78, 5) is 58.2. The van der Waals surface area contributed by atoms with Crippen LogP contribution in [-0.4, -0.2) is 40.6 Å². The summed E-state index contributed by atoms with van der Waals surface area (Å²) in [5.74, 6) is -2.86. The number of benzene rings is 3. The number of aromatic nitrogens is 1. The first-order valence-electron chi connectivity index (χ1n) is 14.1. The number of nitrogens with one attached hydrogen (secondary N) is 1. The van der Waals surface area contributed by atoms with E-state index in [2.05, 4.69) is 40.0 Å². The molecule has 0 radical (unpaired) electrons. The maximum absolute atomic E-state index is 14.1. The molecule has 12 heteroatoms. The van der Waals surface area contributed by atoms with Gasteiger partial charge in [0.2, 0.25) is 17.7 Å². The Morgan fingerprint density at radius 1 is 0.932 bits per heavy atom. The molecule has 0 saturated carbocycles. The molecule has 1 N–H and O–H groups in total. The largest absolute Gasteiger partial charge is 0.372 e. The summed E-state index contributed by atoms with van der Waals surface area (Å²) in [5.41, 5.74) is 2.73. The fraction of sp³-hybridized carbons (Fsp3) is 0.250. The molecule has 3 heterocycles. The topological polar surface area (TPSA) is 91.7 Å². The smallest absolute Gasteiger partial charge is 0.308 e. The number of halogens is 2. The zero-order valence-electron chi connectivity index (χ0n) is 23.8. The first-order chi connectivity index (χ1) is 21.2. The van der Waals surface area contributed by atoms with E-state index in [-0.39, 0.29) is 23.2 Å². The Labute approximate surface area is 270 Å². The fourth-order valence-corrected chi connectivity index (χ4v) is 8.86. The van der Waals surface area contributed by atoms with Gasteiger partial charge in [-0.25, -0.2) is 9.29 Å². The summed E-state index contributed by atoms with van der Waals surface area (Å²) in [5, 5.41) is 2.42. The van der Waals surface area contributed by atoms with Gasteiger partial charge in [-0.2, -0.15) is 0 Å². The van der Waals surface area contributed by atoms with Gasteiger partial charge in [-0.15, -0.1) is 0 Å². The number of hydrogen-bond acceptors (Lipinski definition) is 7. The van der Waals surface area contributed by atoms with E-state index in [0.717, 1.165) is 40.1 Å². The summed E-state index contributed by atoms with van der Waals surface area (Å²) >= 11 is 5.57. The highest BCUT2D eigenvalue weighted by atomic mass is 79.9. The number of imide groups is 1. The minimum Gasteiger partial charge on any atom is -0.372 e. The number of thioether (sulfide) groups is 1. The van der Waals surface area contributed by atoms with Gasteiger partial charge in [-0.05, 0) is 80.1 Å². The average Bonchev–Trinajstić information content (AvgIpc) is 3.46. The predicted octanol–water partition coefficient (Wildman–Crippen LogP) is 6.09. The zero-order chi connectivity index (χ0) is 31.1. The van der Waals surface area contributed by atoms with Gasteiger partial charge in [-0.1, -0.05) is 51.2 Å². The highest BCUT2D eigenvalue weighted by Gasteiger charge is 2.56. The van der Waals surface area contributed by atoms with E-state index < -0.39 is 28.8 Å². The van der Waals surface area contributed by atoms with Crippen LogP contribution in [0.1, 0.15) is 30.2 Å². The minimum atomic E-state index is -0.786. The van der Waals surface area contributed by atoms with Crippen LogP contribution in [0.3, 0.4) is 0 Å². The fourth-order valence-electron chi connectivity index (χ4n) is 5.82. The number of carbonyl (C=O) groups is 3. The lowest BCUT2D eigenvalue weighted by atomic mass is 9.83. The van der Waals surface area contributed by atoms with Crippen molar-refractivity contribution >= 4 is 73.8 Å². The van der Waals surface area contributed by atoms with E-state index in [9.17, 15) is 23.6 Å². The quantitative estimate of drug-likeness (QED) is 0.225. The van der Waals surface area contributed by atoms with Gasteiger partial charge < -0.3 is 10.2 Å². The van der Waals surface area contributed by atoms with Crippen molar-refractivity contribution in [3.63, 3.8) is 0 Å². The molecule has 4 aromatic rings. The Morgan fingerprint density at radius 2 is 1.59 bits per heavy atom. The van der Waals surface area contributed by atoms with Crippen LogP contribution in [0, 0.1) is 11.7 Å². The molecule has 1 saturated heterocycles. The molecule has 226 valence electrons. The van der Waals surface area contributed by atoms with Gasteiger partial charge in [0.1, 0.15) is 17.6 Å². The number of hydrogen-bond donors (Lipinski definition) is 1. The van der Waals surface area contributed by atoms with Gasteiger partial charge in [0.05, 0.1) is 16.6 Å². The van der Waals surface area contributed by atoms with Crippen molar-refractivity contribution in [2.24, 2.45) is 5.92 Å². The molecule has 8 nitrogen and oxygen atoms in total. The highest BCUT2D eigenvalue weighted by Crippen LogP contribution is 2.54. The molecule has 1 aromatic heterocycles. The molecule has 0 bridgehead atoms. The molecule has 0 unspecified atom stereocenters. The van der Waals surface area contributed by atoms with Crippen molar-refractivity contribution in [1.82, 2.24) is 4.57 Å². The highest BCUT2D eigenvalue weighted by molar-refractivity contribution is 9.10. The lowest BCUT2D eigenvalue weighted by Crippen LogP contribution is -2.33. The third kappa shape index (κ3) is 5.50. The van der Waals surface area contributed by atoms with Crippen molar-refractivity contribution in [3.05, 3.63) is 103 Å². The molecule has 3 aromatic carbocycles. The molecule has 2 aliphatic rings. The molecule has 3 amide bonds. The molecule has 3 atom stereocenters. The normalized spacial score (nSPS) is 19.1. The first kappa shape index (κ1) is 30.3. The van der Waals surface area contributed by atoms with Gasteiger partial charge in [-0.3, -0.25) is 23.7 Å². The van der Waals surface area contributed by atoms with Crippen LogP contribution < -0.4 is 20.0 Å². The number of carbonyl (C=O) groups excluding carboxylic acids is 3. The van der Waals surface area contributed by atoms with E-state index in [1.165, 1.54) is 45.5 Å². The van der Waals surface area contributed by atoms with E-state index >= 15 is 0 Å². The molecular formula is C32H28BrFN4O4S2. The summed E-state index contributed by atoms with van der Waals surface area (Å²) in [6.45, 7) is 5.55. The van der Waals surface area contributed by atoms with Crippen LogP contribution in [0.15, 0.2) is 87.1 Å². The summed E-state index contributed by atoms with van der Waals surface area (Å²) in [6.07, 6.45) is 0. The molecule has 6 rings (SSSR count). The number of amides is 3. The van der Waals surface area contributed by atoms with E-state index in [1.54, 1.807) is 24.3 Å². The Balaban J connectivity index is 1.41. The van der Waals surface area contributed by atoms with Crippen molar-refractivity contribution in [2.45, 2.75) is 36.6 Å². The van der Waals surface area contributed by atoms with Crippen molar-refractivity contribution in [1.29, 1.82) is 0 Å². The van der Waals surface area contributed by atoms with Gasteiger partial charge in [0.15, 0.2) is 0 Å². The monoisotopic (exact) mass is 694 g/mol. The van der Waals surface area contributed by atoms with Crippen LogP contribution in [0.2, 0.25) is 0 Å². The second kappa shape index (κ2) is 12.3. The van der Waals surface area contributed by atoms with Gasteiger partial charge >= 0.3 is 4.87 Å². The molecule has 44 heavy (non-hydrogen) atoms. The number of rotatable bonds is 8. The first-order valence-corrected chi connectivity index (χ1v) is 16.6. The van der Waals surface area contributed by atoms with Crippen molar-refractivity contribution < 1.29 is 18.8 Å². The second-order valence-electron chi connectivity index (χ2n) is 10.5. The number of thiazole rings is 1. The van der Waals surface area contributed by atoms with Crippen molar-refractivity contribution in [2.75, 3.05) is 28.2 Å². The average molecular weight is 696 g/mol. The molecule has 0 spiro atoms. The zero-order valence-corrected chi connectivity index (χ0v) is 27.0. The molecule has 0 aliphatic carbocycles. The Hall–Kier alpha value is -3.74. The van der Waals surface area contributed by atoms with Crippen LogP contribution in [0.4, 0.5) is 21.5 Å². The second-order valence-corrected chi connectivity index (χ2v) is 13.5. The third-order valence-electron chi connectivity index (χ3n) is 7.94. The van der Waals surface area contributed by atoms with E-state index in [1.807, 2.05) is 24.3 Å². The molecule has 1 fully saturated rings. The van der Waals surface area contributed by atoms with E-state index in [0.29, 0.717) is 21.3 Å². The van der Waals surface area contributed by atoms with Crippen LogP contribution in [0.25, 0.3) is 0 Å². The summed E-state index contributed by atoms with van der Waals surface area (Å²) < 4.78 is 15.5. The van der Waals surface area contributed by atoms with Crippen molar-refractivity contribution in [3.8, 4) is 0 Å². The summed E-state index contributed by atoms with van der Waals surface area (Å²) in [7, 11) is 0. The van der Waals surface area contributed by atoms with Crippen LogP contribution in [-0.2, 0) is 20.9 Å². The Kier molecular flexibility index (Phi) is 8.49. The third-order valence-corrected chi connectivity index (χ3v) is 11.1.